The predicted molar refractivity (Wildman–Crippen MR) is 90.5 cm³/mol. The lowest BCUT2D eigenvalue weighted by Crippen LogP contribution is -2.30. The Labute approximate surface area is 126 Å². The van der Waals surface area contributed by atoms with Crippen LogP contribution in [0.5, 0.6) is 0 Å². The first kappa shape index (κ1) is 17.2. The van der Waals surface area contributed by atoms with Gasteiger partial charge in [0.15, 0.2) is 0 Å². The second-order valence-electron chi connectivity index (χ2n) is 6.65. The highest BCUT2D eigenvalue weighted by atomic mass is 14.9. The third-order valence-corrected chi connectivity index (χ3v) is 4.16. The van der Waals surface area contributed by atoms with Gasteiger partial charge in [0, 0.05) is 6.54 Å². The van der Waals surface area contributed by atoms with Gasteiger partial charge in [-0.3, -0.25) is 0 Å². The van der Waals surface area contributed by atoms with Crippen molar-refractivity contribution >= 4 is 0 Å². The lowest BCUT2D eigenvalue weighted by atomic mass is 9.84. The fraction of sp³-hybridized carbons (Fsp3) is 0.684. The Hall–Kier alpha value is -0.820. The van der Waals surface area contributed by atoms with E-state index >= 15 is 0 Å². The van der Waals surface area contributed by atoms with Crippen molar-refractivity contribution in [1.29, 1.82) is 0 Å². The van der Waals surface area contributed by atoms with E-state index in [4.69, 9.17) is 0 Å². The Balaban J connectivity index is 2.63. The molecule has 0 aliphatic carbocycles. The first-order valence-electron chi connectivity index (χ1n) is 8.33. The molecule has 0 atom stereocenters. The van der Waals surface area contributed by atoms with Crippen LogP contribution in [0.3, 0.4) is 0 Å². The fourth-order valence-electron chi connectivity index (χ4n) is 2.64. The zero-order valence-corrected chi connectivity index (χ0v) is 14.2. The summed E-state index contributed by atoms with van der Waals surface area (Å²) >= 11 is 0. The Morgan fingerprint density at radius 2 is 1.75 bits per heavy atom. The maximum atomic E-state index is 3.56. The van der Waals surface area contributed by atoms with Crippen molar-refractivity contribution in [2.45, 2.75) is 66.7 Å². The molecule has 1 aromatic carbocycles. The van der Waals surface area contributed by atoms with Crippen LogP contribution in [-0.4, -0.2) is 13.1 Å². The molecule has 0 radical (unpaired) electrons. The maximum Gasteiger partial charge on any atom is 0.000263 e. The van der Waals surface area contributed by atoms with Crippen molar-refractivity contribution in [2.75, 3.05) is 13.1 Å². The molecule has 0 spiro atoms. The summed E-state index contributed by atoms with van der Waals surface area (Å²) in [5.74, 6) is 0. The monoisotopic (exact) mass is 275 g/mol. The molecule has 1 heteroatoms. The molecular weight excluding hydrogens is 242 g/mol. The van der Waals surface area contributed by atoms with Crippen LogP contribution in [0.4, 0.5) is 0 Å². The average molecular weight is 275 g/mol. The Morgan fingerprint density at radius 1 is 1.00 bits per heavy atom. The molecule has 0 bridgehead atoms. The Bertz CT molecular complexity index is 393. The molecule has 0 fully saturated rings. The highest BCUT2D eigenvalue weighted by molar-refractivity contribution is 5.32. The summed E-state index contributed by atoms with van der Waals surface area (Å²) in [4.78, 5) is 0. The van der Waals surface area contributed by atoms with Crippen LogP contribution in [0, 0.1) is 5.41 Å². The van der Waals surface area contributed by atoms with Gasteiger partial charge in [-0.25, -0.2) is 0 Å². The van der Waals surface area contributed by atoms with Crippen molar-refractivity contribution in [3.8, 4) is 0 Å². The first-order chi connectivity index (χ1) is 9.52. The van der Waals surface area contributed by atoms with E-state index in [-0.39, 0.29) is 0 Å². The second-order valence-corrected chi connectivity index (χ2v) is 6.65. The topological polar surface area (TPSA) is 12.0 Å². The van der Waals surface area contributed by atoms with Gasteiger partial charge in [-0.05, 0) is 60.8 Å². The lowest BCUT2D eigenvalue weighted by Gasteiger charge is -2.25. The van der Waals surface area contributed by atoms with Crippen LogP contribution in [0.25, 0.3) is 0 Å². The minimum atomic E-state index is 0.377. The zero-order chi connectivity index (χ0) is 15.0. The second kappa shape index (κ2) is 8.46. The summed E-state index contributed by atoms with van der Waals surface area (Å²) in [5, 5.41) is 3.56. The summed E-state index contributed by atoms with van der Waals surface area (Å²) in [6.45, 7) is 13.7. The van der Waals surface area contributed by atoms with Gasteiger partial charge >= 0.3 is 0 Å². The molecule has 1 aromatic rings. The predicted octanol–water partition coefficient (Wildman–Crippen LogP) is 4.77. The molecule has 1 nitrogen and oxygen atoms in total. The van der Waals surface area contributed by atoms with Crippen molar-refractivity contribution in [3.63, 3.8) is 0 Å². The van der Waals surface area contributed by atoms with E-state index in [1.54, 1.807) is 5.56 Å². The van der Waals surface area contributed by atoms with Crippen LogP contribution in [0.2, 0.25) is 0 Å². The third-order valence-electron chi connectivity index (χ3n) is 4.16. The zero-order valence-electron chi connectivity index (χ0n) is 14.2. The molecule has 0 unspecified atom stereocenters. The highest BCUT2D eigenvalue weighted by Crippen LogP contribution is 2.24. The average Bonchev–Trinajstić information content (AvgIpc) is 2.45. The van der Waals surface area contributed by atoms with E-state index in [0.29, 0.717) is 5.41 Å². The summed E-state index contributed by atoms with van der Waals surface area (Å²) in [5.41, 5.74) is 4.94. The molecule has 0 amide bonds. The minimum Gasteiger partial charge on any atom is -0.316 e. The van der Waals surface area contributed by atoms with Crippen LogP contribution in [0.15, 0.2) is 18.2 Å². The van der Waals surface area contributed by atoms with Gasteiger partial charge in [0.25, 0.3) is 0 Å². The van der Waals surface area contributed by atoms with Crippen molar-refractivity contribution in [1.82, 2.24) is 5.32 Å². The molecule has 1 N–H and O–H groups in total. The first-order valence-corrected chi connectivity index (χ1v) is 8.33. The quantitative estimate of drug-likeness (QED) is 0.640. The Kier molecular flexibility index (Phi) is 7.29. The van der Waals surface area contributed by atoms with Crippen molar-refractivity contribution in [3.05, 3.63) is 34.9 Å². The smallest absolute Gasteiger partial charge is 0.000263 e. The Morgan fingerprint density at radius 3 is 2.35 bits per heavy atom. The van der Waals surface area contributed by atoms with Gasteiger partial charge in [-0.1, -0.05) is 52.8 Å². The van der Waals surface area contributed by atoms with Gasteiger partial charge in [0.2, 0.25) is 0 Å². The van der Waals surface area contributed by atoms with Gasteiger partial charge in [0.05, 0.1) is 0 Å². The van der Waals surface area contributed by atoms with E-state index in [0.717, 1.165) is 25.9 Å². The molecule has 0 saturated heterocycles. The minimum absolute atomic E-state index is 0.377. The van der Waals surface area contributed by atoms with Gasteiger partial charge in [-0.2, -0.15) is 0 Å². The SMILES string of the molecule is CCCNCC(C)(C)CCc1cc(CC)ccc1CC. The maximum absolute atomic E-state index is 3.56. The van der Waals surface area contributed by atoms with Crippen LogP contribution < -0.4 is 5.32 Å². The van der Waals surface area contributed by atoms with E-state index in [2.05, 4.69) is 58.1 Å². The lowest BCUT2D eigenvalue weighted by molar-refractivity contribution is 0.315. The van der Waals surface area contributed by atoms with Crippen LogP contribution in [-0.2, 0) is 19.3 Å². The standard InChI is InChI=1S/C19H33N/c1-6-13-20-15-19(4,5)12-11-18-14-16(7-2)9-10-17(18)8-3/h9-10,14,20H,6-8,11-13,15H2,1-5H3. The van der Waals surface area contributed by atoms with Crippen LogP contribution >= 0.6 is 0 Å². The highest BCUT2D eigenvalue weighted by Gasteiger charge is 2.17. The van der Waals surface area contributed by atoms with Crippen LogP contribution in [0.1, 0.15) is 64.2 Å². The molecule has 0 aliphatic rings. The molecule has 0 saturated carbocycles. The van der Waals surface area contributed by atoms with Gasteiger partial charge in [-0.15, -0.1) is 0 Å². The number of aryl methyl sites for hydroxylation is 3. The van der Waals surface area contributed by atoms with Crippen molar-refractivity contribution < 1.29 is 0 Å². The molecule has 1 rings (SSSR count). The molecule has 0 aromatic heterocycles. The molecular formula is C19H33N. The summed E-state index contributed by atoms with van der Waals surface area (Å²) in [7, 11) is 0. The summed E-state index contributed by atoms with van der Waals surface area (Å²) < 4.78 is 0. The fourth-order valence-corrected chi connectivity index (χ4v) is 2.64. The van der Waals surface area contributed by atoms with E-state index in [1.165, 1.54) is 30.4 Å². The van der Waals surface area contributed by atoms with Crippen molar-refractivity contribution in [2.24, 2.45) is 5.41 Å². The molecule has 0 aliphatic heterocycles. The van der Waals surface area contributed by atoms with E-state index in [1.807, 2.05) is 0 Å². The van der Waals surface area contributed by atoms with Gasteiger partial charge in [0.1, 0.15) is 0 Å². The number of hydrogen-bond acceptors (Lipinski definition) is 1. The number of hydrogen-bond donors (Lipinski definition) is 1. The number of rotatable bonds is 9. The van der Waals surface area contributed by atoms with E-state index < -0.39 is 0 Å². The van der Waals surface area contributed by atoms with E-state index in [9.17, 15) is 0 Å². The molecule has 114 valence electrons. The van der Waals surface area contributed by atoms with Gasteiger partial charge < -0.3 is 5.32 Å². The molecule has 0 heterocycles. The molecule has 20 heavy (non-hydrogen) atoms. The normalized spacial score (nSPS) is 11.8. The third kappa shape index (κ3) is 5.66. The number of benzene rings is 1. The largest absolute Gasteiger partial charge is 0.316 e. The number of nitrogens with one attached hydrogen (secondary N) is 1. The summed E-state index contributed by atoms with van der Waals surface area (Å²) in [6.07, 6.45) is 5.96. The summed E-state index contributed by atoms with van der Waals surface area (Å²) in [6, 6.07) is 7.04.